The van der Waals surface area contributed by atoms with E-state index in [1.54, 1.807) is 12.1 Å². The van der Waals surface area contributed by atoms with E-state index in [0.717, 1.165) is 0 Å². The summed E-state index contributed by atoms with van der Waals surface area (Å²) in [6.45, 7) is 0. The smallest absolute Gasteiger partial charge is 0.375 e. The Morgan fingerprint density at radius 2 is 2.21 bits per heavy atom. The maximum atomic E-state index is 10.6. The highest BCUT2D eigenvalue weighted by atomic mass is 16.5. The minimum Gasteiger partial charge on any atom is -0.475 e. The topological polar surface area (TPSA) is 101 Å². The monoisotopic (exact) mass is 193 g/mol. The second-order valence-electron chi connectivity index (χ2n) is 2.80. The van der Waals surface area contributed by atoms with Crippen molar-refractivity contribution in [2.24, 2.45) is 0 Å². The van der Waals surface area contributed by atoms with Crippen LogP contribution in [0.3, 0.4) is 0 Å². The van der Waals surface area contributed by atoms with Crippen LogP contribution in [0.15, 0.2) is 18.2 Å². The van der Waals surface area contributed by atoms with Crippen molar-refractivity contribution in [3.8, 4) is 0 Å². The zero-order valence-corrected chi connectivity index (χ0v) is 7.01. The zero-order valence-electron chi connectivity index (χ0n) is 7.01. The number of anilines is 1. The Balaban J connectivity index is 2.80. The largest absolute Gasteiger partial charge is 0.475 e. The van der Waals surface area contributed by atoms with Crippen LogP contribution in [-0.4, -0.2) is 26.0 Å². The van der Waals surface area contributed by atoms with E-state index < -0.39 is 11.8 Å². The molecule has 0 spiro atoms. The minimum absolute atomic E-state index is 0.280. The maximum Gasteiger partial charge on any atom is 0.375 e. The predicted octanol–water partition coefficient (Wildman–Crippen LogP) is 0.554. The van der Waals surface area contributed by atoms with Crippen LogP contribution in [0, 0.1) is 0 Å². The van der Waals surface area contributed by atoms with Crippen molar-refractivity contribution >= 4 is 22.7 Å². The molecule has 6 heteroatoms. The standard InChI is InChI=1S/C8H7N3O3/c9-4-1-2-5-6(3-4)11(14)7(10-5)8(12)13/h1-3,14H,9H2,(H,12,13). The van der Waals surface area contributed by atoms with Gasteiger partial charge in [-0.05, 0) is 18.2 Å². The number of aromatic nitrogens is 2. The van der Waals surface area contributed by atoms with Crippen molar-refractivity contribution in [2.45, 2.75) is 0 Å². The molecule has 1 aromatic carbocycles. The Hall–Kier alpha value is -2.24. The van der Waals surface area contributed by atoms with Gasteiger partial charge in [0.25, 0.3) is 5.82 Å². The summed E-state index contributed by atoms with van der Waals surface area (Å²) in [4.78, 5) is 14.3. The normalized spacial score (nSPS) is 10.6. The summed E-state index contributed by atoms with van der Waals surface area (Å²) in [5.74, 6) is -1.71. The lowest BCUT2D eigenvalue weighted by molar-refractivity contribution is 0.0639. The van der Waals surface area contributed by atoms with Crippen LogP contribution < -0.4 is 5.73 Å². The lowest BCUT2D eigenvalue weighted by Gasteiger charge is -1.95. The van der Waals surface area contributed by atoms with Crippen molar-refractivity contribution < 1.29 is 15.1 Å². The quantitative estimate of drug-likeness (QED) is 0.453. The van der Waals surface area contributed by atoms with Gasteiger partial charge in [0.1, 0.15) is 5.52 Å². The number of carbonyl (C=O) groups is 1. The number of carboxylic acids is 1. The molecule has 0 radical (unpaired) electrons. The highest BCUT2D eigenvalue weighted by Crippen LogP contribution is 2.17. The van der Waals surface area contributed by atoms with Crippen LogP contribution in [0.4, 0.5) is 5.69 Å². The summed E-state index contributed by atoms with van der Waals surface area (Å²) in [6.07, 6.45) is 0. The van der Waals surface area contributed by atoms with Gasteiger partial charge in [-0.25, -0.2) is 9.78 Å². The average Bonchev–Trinajstić information content (AvgIpc) is 2.44. The molecule has 6 nitrogen and oxygen atoms in total. The van der Waals surface area contributed by atoms with Crippen LogP contribution in [0.25, 0.3) is 11.0 Å². The lowest BCUT2D eigenvalue weighted by atomic mass is 10.3. The second kappa shape index (κ2) is 2.63. The number of nitrogens with zero attached hydrogens (tertiary/aromatic N) is 2. The van der Waals surface area contributed by atoms with Crippen LogP contribution in [0.2, 0.25) is 0 Å². The van der Waals surface area contributed by atoms with Crippen LogP contribution in [-0.2, 0) is 0 Å². The number of hydrogen-bond donors (Lipinski definition) is 3. The summed E-state index contributed by atoms with van der Waals surface area (Å²) in [7, 11) is 0. The minimum atomic E-state index is -1.29. The average molecular weight is 193 g/mol. The first kappa shape index (κ1) is 8.36. The van der Waals surface area contributed by atoms with E-state index in [0.29, 0.717) is 15.9 Å². The van der Waals surface area contributed by atoms with Gasteiger partial charge in [-0.1, -0.05) is 0 Å². The highest BCUT2D eigenvalue weighted by molar-refractivity contribution is 5.90. The molecule has 0 aliphatic heterocycles. The summed E-state index contributed by atoms with van der Waals surface area (Å²) in [5.41, 5.74) is 6.58. The Morgan fingerprint density at radius 1 is 1.50 bits per heavy atom. The number of nitrogens with two attached hydrogens (primary N) is 1. The van der Waals surface area contributed by atoms with Gasteiger partial charge in [-0.2, -0.15) is 4.73 Å². The molecule has 0 saturated heterocycles. The molecule has 0 atom stereocenters. The predicted molar refractivity (Wildman–Crippen MR) is 48.3 cm³/mol. The summed E-state index contributed by atoms with van der Waals surface area (Å²) in [6, 6.07) is 4.58. The number of hydrogen-bond acceptors (Lipinski definition) is 4. The molecule has 0 unspecified atom stereocenters. The van der Waals surface area contributed by atoms with Gasteiger partial charge in [0.05, 0.1) is 5.52 Å². The number of carboxylic acid groups (broad SMARTS) is 1. The van der Waals surface area contributed by atoms with Crippen LogP contribution >= 0.6 is 0 Å². The van der Waals surface area contributed by atoms with Crippen LogP contribution in [0.5, 0.6) is 0 Å². The number of nitrogen functional groups attached to an aromatic ring is 1. The van der Waals surface area contributed by atoms with Gasteiger partial charge < -0.3 is 16.0 Å². The first-order valence-electron chi connectivity index (χ1n) is 3.80. The summed E-state index contributed by atoms with van der Waals surface area (Å²) >= 11 is 0. The Labute approximate surface area is 78.2 Å². The van der Waals surface area contributed by atoms with E-state index in [1.807, 2.05) is 0 Å². The summed E-state index contributed by atoms with van der Waals surface area (Å²) < 4.78 is 0.508. The number of imidazole rings is 1. The van der Waals surface area contributed by atoms with Gasteiger partial charge in [-0.15, -0.1) is 0 Å². The Bertz CT molecular complexity index is 518. The molecule has 1 aromatic heterocycles. The van der Waals surface area contributed by atoms with Crippen molar-refractivity contribution in [3.63, 3.8) is 0 Å². The molecule has 14 heavy (non-hydrogen) atoms. The van der Waals surface area contributed by atoms with Crippen LogP contribution in [0.1, 0.15) is 10.6 Å². The SMILES string of the molecule is Nc1ccc2nc(C(=O)O)n(O)c2c1. The first-order valence-corrected chi connectivity index (χ1v) is 3.80. The van der Waals surface area contributed by atoms with E-state index in [4.69, 9.17) is 10.8 Å². The number of benzene rings is 1. The van der Waals surface area contributed by atoms with E-state index >= 15 is 0 Å². The third-order valence-electron chi connectivity index (χ3n) is 1.85. The fourth-order valence-corrected chi connectivity index (χ4v) is 1.22. The molecule has 0 saturated carbocycles. The van der Waals surface area contributed by atoms with Crippen molar-refractivity contribution in [3.05, 3.63) is 24.0 Å². The molecular formula is C8H7N3O3. The van der Waals surface area contributed by atoms with E-state index in [9.17, 15) is 10.0 Å². The van der Waals surface area contributed by atoms with E-state index in [2.05, 4.69) is 4.98 Å². The van der Waals surface area contributed by atoms with Crippen molar-refractivity contribution in [2.75, 3.05) is 5.73 Å². The fraction of sp³-hybridized carbons (Fsp3) is 0. The molecule has 4 N–H and O–H groups in total. The fourth-order valence-electron chi connectivity index (χ4n) is 1.22. The molecule has 0 aliphatic rings. The molecule has 2 rings (SSSR count). The Kier molecular flexibility index (Phi) is 1.57. The molecule has 0 amide bonds. The van der Waals surface area contributed by atoms with Gasteiger partial charge >= 0.3 is 5.97 Å². The summed E-state index contributed by atoms with van der Waals surface area (Å²) in [5, 5.41) is 18.1. The second-order valence-corrected chi connectivity index (χ2v) is 2.80. The Morgan fingerprint density at radius 3 is 2.86 bits per heavy atom. The van der Waals surface area contributed by atoms with Gasteiger partial charge in [0.2, 0.25) is 0 Å². The maximum absolute atomic E-state index is 10.6. The molecule has 0 bridgehead atoms. The zero-order chi connectivity index (χ0) is 10.3. The van der Waals surface area contributed by atoms with Crippen molar-refractivity contribution in [1.82, 2.24) is 9.71 Å². The van der Waals surface area contributed by atoms with E-state index in [1.165, 1.54) is 6.07 Å². The molecular weight excluding hydrogens is 186 g/mol. The van der Waals surface area contributed by atoms with Gasteiger partial charge in [-0.3, -0.25) is 0 Å². The van der Waals surface area contributed by atoms with E-state index in [-0.39, 0.29) is 5.52 Å². The van der Waals surface area contributed by atoms with Gasteiger partial charge in [0.15, 0.2) is 0 Å². The third-order valence-corrected chi connectivity index (χ3v) is 1.85. The molecule has 0 aliphatic carbocycles. The number of fused-ring (bicyclic) bond motifs is 1. The molecule has 0 fully saturated rings. The third kappa shape index (κ3) is 1.05. The lowest BCUT2D eigenvalue weighted by Crippen LogP contribution is -2.06. The molecule has 2 aromatic rings. The number of aromatic carboxylic acids is 1. The molecule has 72 valence electrons. The highest BCUT2D eigenvalue weighted by Gasteiger charge is 2.15. The van der Waals surface area contributed by atoms with Gasteiger partial charge in [0, 0.05) is 5.69 Å². The molecule has 1 heterocycles. The van der Waals surface area contributed by atoms with Crippen molar-refractivity contribution in [1.29, 1.82) is 0 Å². The number of rotatable bonds is 1. The first-order chi connectivity index (χ1) is 6.59.